The molecule has 130 valence electrons. The first-order chi connectivity index (χ1) is 12.1. The van der Waals surface area contributed by atoms with Crippen LogP contribution in [0, 0.1) is 6.92 Å². The van der Waals surface area contributed by atoms with Crippen molar-refractivity contribution < 1.29 is 4.79 Å². The van der Waals surface area contributed by atoms with E-state index < -0.39 is 0 Å². The average molecular weight is 355 g/mol. The van der Waals surface area contributed by atoms with Gasteiger partial charge in [0.2, 0.25) is 5.91 Å². The molecule has 0 saturated carbocycles. The second-order valence-electron chi connectivity index (χ2n) is 5.92. The summed E-state index contributed by atoms with van der Waals surface area (Å²) in [6, 6.07) is 4.00. The topological polar surface area (TPSA) is 72.7 Å². The minimum atomic E-state index is 0.0447. The minimum absolute atomic E-state index is 0.0447. The van der Waals surface area contributed by atoms with E-state index >= 15 is 0 Å². The van der Waals surface area contributed by atoms with Crippen molar-refractivity contribution in [1.29, 1.82) is 0 Å². The van der Waals surface area contributed by atoms with Gasteiger partial charge in [0, 0.05) is 61.2 Å². The van der Waals surface area contributed by atoms with Crippen LogP contribution in [0.3, 0.4) is 0 Å². The molecule has 0 fully saturated rings. The van der Waals surface area contributed by atoms with Gasteiger partial charge in [-0.3, -0.25) is 9.78 Å². The lowest BCUT2D eigenvalue weighted by molar-refractivity contribution is -0.121. The fourth-order valence-corrected chi connectivity index (χ4v) is 3.51. The smallest absolute Gasteiger partial charge is 0.222 e. The molecule has 7 heteroatoms. The monoisotopic (exact) mass is 355 g/mol. The second kappa shape index (κ2) is 8.02. The largest absolute Gasteiger partial charge is 0.356 e. The zero-order chi connectivity index (χ0) is 17.6. The molecule has 1 unspecified atom stereocenters. The van der Waals surface area contributed by atoms with Crippen LogP contribution in [-0.2, 0) is 11.2 Å². The number of carbonyl (C=O) groups is 1. The summed E-state index contributed by atoms with van der Waals surface area (Å²) in [5.41, 5.74) is 2.01. The summed E-state index contributed by atoms with van der Waals surface area (Å²) in [5, 5.41) is 5.96. The third-order valence-corrected chi connectivity index (χ3v) is 4.92. The molecule has 1 atom stereocenters. The molecule has 0 aromatic carbocycles. The van der Waals surface area contributed by atoms with Crippen LogP contribution >= 0.6 is 11.3 Å². The molecule has 0 bridgehead atoms. The summed E-state index contributed by atoms with van der Waals surface area (Å²) < 4.78 is 2.01. The van der Waals surface area contributed by atoms with E-state index in [9.17, 15) is 4.79 Å². The third-order valence-electron chi connectivity index (χ3n) is 3.98. The highest BCUT2D eigenvalue weighted by molar-refractivity contribution is 7.13. The standard InChI is InChI=1S/C18H21N5OS/c1-13(23-9-8-20-14(23)2)10-17(24)21-7-5-16-12-25-18(22-16)15-4-3-6-19-11-15/h3-4,6,8-9,11-13H,5,7,10H2,1-2H3,(H,21,24). The number of thiazole rings is 1. The Bertz CT molecular complexity index is 827. The van der Waals surface area contributed by atoms with Crippen LogP contribution in [0.1, 0.15) is 30.9 Å². The number of pyridine rings is 1. The number of imidazole rings is 1. The van der Waals surface area contributed by atoms with Gasteiger partial charge in [0.15, 0.2) is 0 Å². The normalized spacial score (nSPS) is 12.1. The van der Waals surface area contributed by atoms with Gasteiger partial charge in [-0.1, -0.05) is 0 Å². The van der Waals surface area contributed by atoms with Crippen molar-refractivity contribution in [2.24, 2.45) is 0 Å². The Labute approximate surface area is 151 Å². The van der Waals surface area contributed by atoms with Gasteiger partial charge >= 0.3 is 0 Å². The predicted molar refractivity (Wildman–Crippen MR) is 98.4 cm³/mol. The molecule has 3 heterocycles. The Balaban J connectivity index is 1.46. The Kier molecular flexibility index (Phi) is 5.55. The van der Waals surface area contributed by atoms with Crippen LogP contribution in [0.4, 0.5) is 0 Å². The number of amides is 1. The van der Waals surface area contributed by atoms with Gasteiger partial charge in [0.05, 0.1) is 5.69 Å². The van der Waals surface area contributed by atoms with Crippen LogP contribution in [0.2, 0.25) is 0 Å². The first-order valence-electron chi connectivity index (χ1n) is 8.24. The number of hydrogen-bond donors (Lipinski definition) is 1. The van der Waals surface area contributed by atoms with Crippen molar-refractivity contribution in [1.82, 2.24) is 24.8 Å². The number of aryl methyl sites for hydroxylation is 1. The SMILES string of the molecule is Cc1nccn1C(C)CC(=O)NCCc1csc(-c2cccnc2)n1. The number of aromatic nitrogens is 4. The Hall–Kier alpha value is -2.54. The average Bonchev–Trinajstić information content (AvgIpc) is 3.24. The fraction of sp³-hybridized carbons (Fsp3) is 0.333. The van der Waals surface area contributed by atoms with Gasteiger partial charge in [0.1, 0.15) is 10.8 Å². The molecular weight excluding hydrogens is 334 g/mol. The molecule has 6 nitrogen and oxygen atoms in total. The lowest BCUT2D eigenvalue weighted by atomic mass is 10.2. The molecular formula is C18H21N5OS. The molecule has 3 aromatic heterocycles. The quantitative estimate of drug-likeness (QED) is 0.707. The number of rotatable bonds is 7. The molecule has 1 N–H and O–H groups in total. The lowest BCUT2D eigenvalue weighted by Crippen LogP contribution is -2.28. The van der Waals surface area contributed by atoms with Crippen LogP contribution < -0.4 is 5.32 Å². The first-order valence-corrected chi connectivity index (χ1v) is 9.12. The highest BCUT2D eigenvalue weighted by Gasteiger charge is 2.12. The molecule has 0 spiro atoms. The molecule has 25 heavy (non-hydrogen) atoms. The molecule has 3 rings (SSSR count). The molecule has 0 saturated heterocycles. The van der Waals surface area contributed by atoms with Gasteiger partial charge in [0.25, 0.3) is 0 Å². The van der Waals surface area contributed by atoms with Gasteiger partial charge in [-0.05, 0) is 26.0 Å². The first kappa shape index (κ1) is 17.3. The summed E-state index contributed by atoms with van der Waals surface area (Å²) in [4.78, 5) is 25.0. The van der Waals surface area contributed by atoms with E-state index in [1.54, 1.807) is 23.7 Å². The zero-order valence-corrected chi connectivity index (χ0v) is 15.2. The van der Waals surface area contributed by atoms with Crippen LogP contribution in [0.5, 0.6) is 0 Å². The van der Waals surface area contributed by atoms with Crippen LogP contribution in [0.15, 0.2) is 42.3 Å². The summed E-state index contributed by atoms with van der Waals surface area (Å²) in [5.74, 6) is 0.967. The Morgan fingerprint density at radius 2 is 2.28 bits per heavy atom. The van der Waals surface area contributed by atoms with E-state index in [2.05, 4.69) is 20.3 Å². The maximum Gasteiger partial charge on any atom is 0.222 e. The summed E-state index contributed by atoms with van der Waals surface area (Å²) in [7, 11) is 0. The summed E-state index contributed by atoms with van der Waals surface area (Å²) >= 11 is 1.60. The van der Waals surface area contributed by atoms with E-state index in [-0.39, 0.29) is 11.9 Å². The zero-order valence-electron chi connectivity index (χ0n) is 14.3. The van der Waals surface area contributed by atoms with Gasteiger partial charge in [-0.15, -0.1) is 11.3 Å². The number of nitrogens with zero attached hydrogens (tertiary/aromatic N) is 4. The number of nitrogens with one attached hydrogen (secondary N) is 1. The van der Waals surface area contributed by atoms with Crippen LogP contribution in [-0.4, -0.2) is 32.0 Å². The lowest BCUT2D eigenvalue weighted by Gasteiger charge is -2.14. The summed E-state index contributed by atoms with van der Waals surface area (Å²) in [6.07, 6.45) is 8.38. The minimum Gasteiger partial charge on any atom is -0.356 e. The Morgan fingerprint density at radius 1 is 1.40 bits per heavy atom. The van der Waals surface area contributed by atoms with Crippen molar-refractivity contribution in [3.05, 3.63) is 53.8 Å². The fourth-order valence-electron chi connectivity index (χ4n) is 2.67. The maximum absolute atomic E-state index is 12.1. The predicted octanol–water partition coefficient (Wildman–Crippen LogP) is 3.02. The summed E-state index contributed by atoms with van der Waals surface area (Å²) in [6.45, 7) is 4.55. The van der Waals surface area contributed by atoms with E-state index in [1.165, 1.54) is 0 Å². The van der Waals surface area contributed by atoms with E-state index in [4.69, 9.17) is 0 Å². The molecule has 0 aliphatic heterocycles. The highest BCUT2D eigenvalue weighted by Crippen LogP contribution is 2.22. The number of hydrogen-bond acceptors (Lipinski definition) is 5. The van der Waals surface area contributed by atoms with Crippen molar-refractivity contribution >= 4 is 17.2 Å². The van der Waals surface area contributed by atoms with E-state index in [0.29, 0.717) is 13.0 Å². The molecule has 1 amide bonds. The molecule has 0 aliphatic rings. The van der Waals surface area contributed by atoms with E-state index in [1.807, 2.05) is 48.3 Å². The molecule has 3 aromatic rings. The maximum atomic E-state index is 12.1. The molecule has 0 radical (unpaired) electrons. The third kappa shape index (κ3) is 4.51. The molecule has 0 aliphatic carbocycles. The van der Waals surface area contributed by atoms with Crippen LogP contribution in [0.25, 0.3) is 10.6 Å². The Morgan fingerprint density at radius 3 is 3.00 bits per heavy atom. The van der Waals surface area contributed by atoms with Crippen molar-refractivity contribution in [3.63, 3.8) is 0 Å². The highest BCUT2D eigenvalue weighted by atomic mass is 32.1. The van der Waals surface area contributed by atoms with Crippen molar-refractivity contribution in [2.75, 3.05) is 6.54 Å². The van der Waals surface area contributed by atoms with Crippen molar-refractivity contribution in [3.8, 4) is 10.6 Å². The van der Waals surface area contributed by atoms with Gasteiger partial charge < -0.3 is 9.88 Å². The van der Waals surface area contributed by atoms with Crippen molar-refractivity contribution in [2.45, 2.75) is 32.7 Å². The van der Waals surface area contributed by atoms with Gasteiger partial charge in [-0.2, -0.15) is 0 Å². The number of carbonyl (C=O) groups excluding carboxylic acids is 1. The van der Waals surface area contributed by atoms with Gasteiger partial charge in [-0.25, -0.2) is 9.97 Å². The second-order valence-corrected chi connectivity index (χ2v) is 6.78. The van der Waals surface area contributed by atoms with E-state index in [0.717, 1.165) is 28.5 Å².